The van der Waals surface area contributed by atoms with Crippen molar-refractivity contribution in [2.24, 2.45) is 0 Å². The topological polar surface area (TPSA) is 0 Å². The molecule has 1 radical (unpaired) electrons. The van der Waals surface area contributed by atoms with Crippen LogP contribution in [0.25, 0.3) is 0 Å². The van der Waals surface area contributed by atoms with Gasteiger partial charge in [-0.3, -0.25) is 0 Å². The molecule has 1 aromatic rings. The number of hydrogen-bond acceptors (Lipinski definition) is 0. The Morgan fingerprint density at radius 1 is 1.08 bits per heavy atom. The first kappa shape index (κ1) is 10.1. The molecular formula is C10H10F3. The van der Waals surface area contributed by atoms with Gasteiger partial charge in [-0.2, -0.15) is 0 Å². The lowest BCUT2D eigenvalue weighted by Gasteiger charge is -2.03. The van der Waals surface area contributed by atoms with Gasteiger partial charge in [0.05, 0.1) is 0 Å². The Labute approximate surface area is 75.4 Å². The molecule has 3 heteroatoms. The van der Waals surface area contributed by atoms with Gasteiger partial charge in [-0.15, -0.1) is 0 Å². The number of halogens is 3. The van der Waals surface area contributed by atoms with Gasteiger partial charge in [0.25, 0.3) is 0 Å². The molecule has 13 heavy (non-hydrogen) atoms. The van der Waals surface area contributed by atoms with Crippen LogP contribution < -0.4 is 0 Å². The molecule has 1 aromatic carbocycles. The Morgan fingerprint density at radius 2 is 1.69 bits per heavy atom. The Hall–Kier alpha value is -0.990. The highest BCUT2D eigenvalue weighted by molar-refractivity contribution is 5.21. The zero-order valence-electron chi connectivity index (χ0n) is 7.12. The second kappa shape index (κ2) is 4.30. The average Bonchev–Trinajstić information content (AvgIpc) is 2.12. The molecule has 0 aliphatic carbocycles. The summed E-state index contributed by atoms with van der Waals surface area (Å²) in [6, 6.07) is 1.73. The van der Waals surface area contributed by atoms with Crippen LogP contribution in [0.2, 0.25) is 0 Å². The minimum atomic E-state index is -1.08. The minimum Gasteiger partial charge on any atom is -0.207 e. The van der Waals surface area contributed by atoms with E-state index in [1.54, 1.807) is 0 Å². The van der Waals surface area contributed by atoms with E-state index in [0.29, 0.717) is 12.8 Å². The van der Waals surface area contributed by atoms with Gasteiger partial charge in [0.15, 0.2) is 11.6 Å². The molecule has 71 valence electrons. The third-order valence-electron chi connectivity index (χ3n) is 1.82. The van der Waals surface area contributed by atoms with Crippen LogP contribution in [0.5, 0.6) is 0 Å². The van der Waals surface area contributed by atoms with Gasteiger partial charge in [0.2, 0.25) is 0 Å². The largest absolute Gasteiger partial charge is 0.207 e. The molecule has 0 bridgehead atoms. The maximum atomic E-state index is 13.0. The molecule has 0 unspecified atom stereocenters. The first-order valence-electron chi connectivity index (χ1n) is 4.08. The van der Waals surface area contributed by atoms with E-state index in [4.69, 9.17) is 0 Å². The molecule has 0 aliphatic rings. The summed E-state index contributed by atoms with van der Waals surface area (Å²) in [5.74, 6) is -2.76. The molecule has 0 saturated carbocycles. The summed E-state index contributed by atoms with van der Waals surface area (Å²) in [7, 11) is 0. The zero-order chi connectivity index (χ0) is 9.84. The summed E-state index contributed by atoms with van der Waals surface area (Å²) < 4.78 is 38.5. The molecule has 0 aliphatic heterocycles. The molecule has 0 nitrogen and oxygen atoms in total. The maximum Gasteiger partial charge on any atom is 0.164 e. The summed E-state index contributed by atoms with van der Waals surface area (Å²) in [4.78, 5) is 0. The lowest BCUT2D eigenvalue weighted by Crippen LogP contribution is -1.98. The van der Waals surface area contributed by atoms with E-state index in [1.807, 2.05) is 0 Å². The standard InChI is InChI=1S/C10H10F3/c1-2-3-4-7-8(11)5-6-9(12)10(7)13/h5-6H,1-4H2. The average molecular weight is 187 g/mol. The van der Waals surface area contributed by atoms with E-state index in [1.165, 1.54) is 0 Å². The quantitative estimate of drug-likeness (QED) is 0.637. The normalized spacial score (nSPS) is 10.5. The Kier molecular flexibility index (Phi) is 3.34. The third kappa shape index (κ3) is 2.23. The Bertz CT molecular complexity index is 294. The van der Waals surface area contributed by atoms with Crippen molar-refractivity contribution in [3.05, 3.63) is 42.1 Å². The van der Waals surface area contributed by atoms with E-state index in [2.05, 4.69) is 6.92 Å². The fourth-order valence-electron chi connectivity index (χ4n) is 1.10. The van der Waals surface area contributed by atoms with Gasteiger partial charge in [-0.25, -0.2) is 13.2 Å². The predicted molar refractivity (Wildman–Crippen MR) is 44.6 cm³/mol. The van der Waals surface area contributed by atoms with Gasteiger partial charge >= 0.3 is 0 Å². The third-order valence-corrected chi connectivity index (χ3v) is 1.82. The van der Waals surface area contributed by atoms with Gasteiger partial charge in [-0.1, -0.05) is 13.3 Å². The zero-order valence-corrected chi connectivity index (χ0v) is 7.12. The summed E-state index contributed by atoms with van der Waals surface area (Å²) in [6.07, 6.45) is 1.33. The molecule has 0 N–H and O–H groups in total. The fraction of sp³-hybridized carbons (Fsp3) is 0.300. The van der Waals surface area contributed by atoms with Crippen molar-refractivity contribution >= 4 is 0 Å². The van der Waals surface area contributed by atoms with Crippen LogP contribution in [-0.4, -0.2) is 0 Å². The minimum absolute atomic E-state index is 0.177. The van der Waals surface area contributed by atoms with E-state index in [-0.39, 0.29) is 12.0 Å². The second-order valence-corrected chi connectivity index (χ2v) is 2.78. The number of benzene rings is 1. The first-order chi connectivity index (χ1) is 6.16. The van der Waals surface area contributed by atoms with Crippen molar-refractivity contribution in [2.75, 3.05) is 0 Å². The molecular weight excluding hydrogens is 177 g/mol. The molecule has 1 rings (SSSR count). The van der Waals surface area contributed by atoms with Crippen LogP contribution in [0.15, 0.2) is 12.1 Å². The lowest BCUT2D eigenvalue weighted by atomic mass is 10.1. The molecule has 0 atom stereocenters. The molecule has 0 saturated heterocycles. The Balaban J connectivity index is 2.96. The number of rotatable bonds is 3. The molecule has 0 amide bonds. The summed E-state index contributed by atoms with van der Waals surface area (Å²) in [5, 5.41) is 0. The molecule has 0 aromatic heterocycles. The first-order valence-corrected chi connectivity index (χ1v) is 4.08. The highest BCUT2D eigenvalue weighted by atomic mass is 19.2. The van der Waals surface area contributed by atoms with Gasteiger partial charge in [0.1, 0.15) is 5.82 Å². The SMILES string of the molecule is [CH2]CCCc1c(F)ccc(F)c1F. The van der Waals surface area contributed by atoms with Gasteiger partial charge < -0.3 is 0 Å². The van der Waals surface area contributed by atoms with E-state index in [9.17, 15) is 13.2 Å². The van der Waals surface area contributed by atoms with Crippen molar-refractivity contribution in [2.45, 2.75) is 19.3 Å². The predicted octanol–water partition coefficient (Wildman–Crippen LogP) is 3.26. The van der Waals surface area contributed by atoms with Crippen LogP contribution in [0.1, 0.15) is 18.4 Å². The van der Waals surface area contributed by atoms with E-state index in [0.717, 1.165) is 12.1 Å². The van der Waals surface area contributed by atoms with Crippen molar-refractivity contribution in [1.29, 1.82) is 0 Å². The van der Waals surface area contributed by atoms with Gasteiger partial charge in [-0.05, 0) is 25.0 Å². The number of unbranched alkanes of at least 4 members (excludes halogenated alkanes) is 1. The lowest BCUT2D eigenvalue weighted by molar-refractivity contribution is 0.477. The van der Waals surface area contributed by atoms with Crippen molar-refractivity contribution in [3.8, 4) is 0 Å². The fourth-order valence-corrected chi connectivity index (χ4v) is 1.10. The van der Waals surface area contributed by atoms with Crippen molar-refractivity contribution in [3.63, 3.8) is 0 Å². The summed E-state index contributed by atoms with van der Waals surface area (Å²) in [6.45, 7) is 3.54. The van der Waals surface area contributed by atoms with Gasteiger partial charge in [0, 0.05) is 5.56 Å². The second-order valence-electron chi connectivity index (χ2n) is 2.78. The van der Waals surface area contributed by atoms with Crippen LogP contribution in [-0.2, 0) is 6.42 Å². The smallest absolute Gasteiger partial charge is 0.164 e. The number of hydrogen-bond donors (Lipinski definition) is 0. The highest BCUT2D eigenvalue weighted by Crippen LogP contribution is 2.17. The van der Waals surface area contributed by atoms with E-state index < -0.39 is 17.5 Å². The molecule has 0 heterocycles. The highest BCUT2D eigenvalue weighted by Gasteiger charge is 2.12. The van der Waals surface area contributed by atoms with Crippen LogP contribution >= 0.6 is 0 Å². The maximum absolute atomic E-state index is 13.0. The monoisotopic (exact) mass is 187 g/mol. The Morgan fingerprint density at radius 3 is 2.31 bits per heavy atom. The molecule has 0 spiro atoms. The van der Waals surface area contributed by atoms with E-state index >= 15 is 0 Å². The van der Waals surface area contributed by atoms with Crippen molar-refractivity contribution < 1.29 is 13.2 Å². The summed E-state index contributed by atoms with van der Waals surface area (Å²) in [5.41, 5.74) is -0.177. The van der Waals surface area contributed by atoms with Crippen LogP contribution in [0.4, 0.5) is 13.2 Å². The van der Waals surface area contributed by atoms with Crippen molar-refractivity contribution in [1.82, 2.24) is 0 Å². The van der Waals surface area contributed by atoms with Crippen LogP contribution in [0.3, 0.4) is 0 Å². The van der Waals surface area contributed by atoms with Crippen LogP contribution in [0, 0.1) is 24.4 Å². The molecule has 0 fully saturated rings. The summed E-state index contributed by atoms with van der Waals surface area (Å²) >= 11 is 0.